The summed E-state index contributed by atoms with van der Waals surface area (Å²) in [5, 5.41) is 11.5. The van der Waals surface area contributed by atoms with Crippen LogP contribution in [0.5, 0.6) is 0 Å². The molecule has 0 fully saturated rings. The lowest BCUT2D eigenvalue weighted by Crippen LogP contribution is -2.36. The molecule has 0 bridgehead atoms. The van der Waals surface area contributed by atoms with E-state index in [2.05, 4.69) is 20.8 Å². The van der Waals surface area contributed by atoms with Gasteiger partial charge in [-0.25, -0.2) is 0 Å². The molecule has 0 saturated carbocycles. The van der Waals surface area contributed by atoms with Gasteiger partial charge in [-0.05, 0) is 36.0 Å². The Morgan fingerprint density at radius 1 is 1.33 bits per heavy atom. The number of benzene rings is 1. The first-order valence-electron chi connectivity index (χ1n) is 6.37. The number of hydrogen-bond acceptors (Lipinski definition) is 2. The van der Waals surface area contributed by atoms with E-state index in [1.807, 2.05) is 26.8 Å². The Labute approximate surface area is 108 Å². The fourth-order valence-electron chi connectivity index (χ4n) is 2.99. The van der Waals surface area contributed by atoms with Crippen LogP contribution < -0.4 is 0 Å². The molecule has 98 valence electrons. The van der Waals surface area contributed by atoms with Crippen LogP contribution in [-0.2, 0) is 17.3 Å². The van der Waals surface area contributed by atoms with E-state index in [1.165, 1.54) is 11.1 Å². The molecule has 1 aliphatic carbocycles. The van der Waals surface area contributed by atoms with Crippen molar-refractivity contribution in [3.63, 3.8) is 0 Å². The molecule has 2 rings (SSSR count). The topological polar surface area (TPSA) is 43.1 Å². The SMILES string of the molecule is Cc1cc(C(C)(C)C)c([N+](=O)[O-])c2c1CC2(C)C. The third-order valence-corrected chi connectivity index (χ3v) is 3.92. The lowest BCUT2D eigenvalue weighted by atomic mass is 9.62. The number of hydrogen-bond donors (Lipinski definition) is 0. The predicted molar refractivity (Wildman–Crippen MR) is 73.3 cm³/mol. The molecule has 0 heterocycles. The third kappa shape index (κ3) is 1.73. The molecule has 0 saturated heterocycles. The number of nitro benzene ring substituents is 1. The second-order valence-electron chi connectivity index (χ2n) is 7.01. The zero-order chi connectivity index (χ0) is 13.9. The van der Waals surface area contributed by atoms with Gasteiger partial charge in [-0.3, -0.25) is 10.1 Å². The second kappa shape index (κ2) is 3.56. The molecule has 0 unspecified atom stereocenters. The molecule has 3 heteroatoms. The third-order valence-electron chi connectivity index (χ3n) is 3.92. The first-order valence-corrected chi connectivity index (χ1v) is 6.37. The van der Waals surface area contributed by atoms with Crippen LogP contribution in [0.15, 0.2) is 6.07 Å². The molecule has 0 aromatic heterocycles. The molecule has 18 heavy (non-hydrogen) atoms. The molecule has 1 aromatic rings. The molecule has 0 aliphatic heterocycles. The maximum absolute atomic E-state index is 11.5. The van der Waals surface area contributed by atoms with Crippen molar-refractivity contribution in [3.05, 3.63) is 38.4 Å². The van der Waals surface area contributed by atoms with Crippen molar-refractivity contribution >= 4 is 5.69 Å². The summed E-state index contributed by atoms with van der Waals surface area (Å²) in [5.41, 5.74) is 4.27. The van der Waals surface area contributed by atoms with Gasteiger partial charge in [0.1, 0.15) is 0 Å². The average Bonchev–Trinajstić information content (AvgIpc) is 2.17. The summed E-state index contributed by atoms with van der Waals surface area (Å²) in [5.74, 6) is 0. The van der Waals surface area contributed by atoms with Gasteiger partial charge in [0.15, 0.2) is 0 Å². The zero-order valence-corrected chi connectivity index (χ0v) is 12.0. The van der Waals surface area contributed by atoms with E-state index < -0.39 is 0 Å². The van der Waals surface area contributed by atoms with Crippen LogP contribution in [0.1, 0.15) is 56.9 Å². The lowest BCUT2D eigenvalue weighted by molar-refractivity contribution is -0.387. The highest BCUT2D eigenvalue weighted by atomic mass is 16.6. The van der Waals surface area contributed by atoms with E-state index in [0.29, 0.717) is 5.69 Å². The summed E-state index contributed by atoms with van der Waals surface area (Å²) in [7, 11) is 0. The standard InChI is InChI=1S/C15H21NO2/c1-9-7-11(14(2,3)4)13(16(17)18)12-10(9)8-15(12,5)6/h7H,8H2,1-6H3. The van der Waals surface area contributed by atoms with Gasteiger partial charge >= 0.3 is 0 Å². The minimum absolute atomic E-state index is 0.0657. The second-order valence-corrected chi connectivity index (χ2v) is 7.01. The van der Waals surface area contributed by atoms with Crippen molar-refractivity contribution in [1.29, 1.82) is 0 Å². The first-order chi connectivity index (χ1) is 8.05. The van der Waals surface area contributed by atoms with Crippen LogP contribution in [0.3, 0.4) is 0 Å². The fraction of sp³-hybridized carbons (Fsp3) is 0.600. The van der Waals surface area contributed by atoms with Crippen molar-refractivity contribution in [1.82, 2.24) is 0 Å². The average molecular weight is 247 g/mol. The molecule has 1 aromatic carbocycles. The molecule has 1 aliphatic rings. The number of fused-ring (bicyclic) bond motifs is 1. The van der Waals surface area contributed by atoms with Crippen LogP contribution in [0, 0.1) is 17.0 Å². The molecule has 3 nitrogen and oxygen atoms in total. The van der Waals surface area contributed by atoms with Crippen LogP contribution in [-0.4, -0.2) is 4.92 Å². The number of rotatable bonds is 1. The van der Waals surface area contributed by atoms with Gasteiger partial charge in [0.2, 0.25) is 0 Å². The maximum Gasteiger partial charge on any atom is 0.277 e. The van der Waals surface area contributed by atoms with Gasteiger partial charge in [-0.15, -0.1) is 0 Å². The van der Waals surface area contributed by atoms with E-state index in [4.69, 9.17) is 0 Å². The summed E-state index contributed by atoms with van der Waals surface area (Å²) in [6.45, 7) is 12.3. The van der Waals surface area contributed by atoms with Crippen LogP contribution in [0.25, 0.3) is 0 Å². The minimum Gasteiger partial charge on any atom is -0.258 e. The number of aryl methyl sites for hydroxylation is 1. The molecule has 0 radical (unpaired) electrons. The molecular formula is C15H21NO2. The monoisotopic (exact) mass is 247 g/mol. The quantitative estimate of drug-likeness (QED) is 0.555. The highest BCUT2D eigenvalue weighted by Gasteiger charge is 2.44. The number of nitro groups is 1. The molecule has 0 amide bonds. The first kappa shape index (κ1) is 13.1. The van der Waals surface area contributed by atoms with Crippen molar-refractivity contribution in [3.8, 4) is 0 Å². The Hall–Kier alpha value is -1.38. The van der Waals surface area contributed by atoms with Crippen LogP contribution >= 0.6 is 0 Å². The highest BCUT2D eigenvalue weighted by Crippen LogP contribution is 2.50. The van der Waals surface area contributed by atoms with Gasteiger partial charge in [-0.2, -0.15) is 0 Å². The lowest BCUT2D eigenvalue weighted by Gasteiger charge is -2.40. The summed E-state index contributed by atoms with van der Waals surface area (Å²) in [6, 6.07) is 2.01. The molecular weight excluding hydrogens is 226 g/mol. The highest BCUT2D eigenvalue weighted by molar-refractivity contribution is 5.65. The molecule has 0 N–H and O–H groups in total. The Kier molecular flexibility index (Phi) is 2.58. The fourth-order valence-corrected chi connectivity index (χ4v) is 2.99. The van der Waals surface area contributed by atoms with Gasteiger partial charge in [0, 0.05) is 16.5 Å². The van der Waals surface area contributed by atoms with Gasteiger partial charge in [0.25, 0.3) is 5.69 Å². The minimum atomic E-state index is -0.201. The maximum atomic E-state index is 11.5. The van der Waals surface area contributed by atoms with E-state index in [1.54, 1.807) is 0 Å². The van der Waals surface area contributed by atoms with E-state index in [9.17, 15) is 10.1 Å². The van der Waals surface area contributed by atoms with E-state index in [-0.39, 0.29) is 15.8 Å². The number of nitrogens with zero attached hydrogens (tertiary/aromatic N) is 1. The Bertz CT molecular complexity index is 536. The van der Waals surface area contributed by atoms with Gasteiger partial charge in [-0.1, -0.05) is 34.6 Å². The molecule has 0 atom stereocenters. The van der Waals surface area contributed by atoms with E-state index >= 15 is 0 Å². The van der Waals surface area contributed by atoms with E-state index in [0.717, 1.165) is 17.5 Å². The largest absolute Gasteiger partial charge is 0.277 e. The van der Waals surface area contributed by atoms with Gasteiger partial charge in [0.05, 0.1) is 4.92 Å². The predicted octanol–water partition coefficient (Wildman–Crippen LogP) is 4.03. The van der Waals surface area contributed by atoms with Crippen molar-refractivity contribution in [2.75, 3.05) is 0 Å². The summed E-state index contributed by atoms with van der Waals surface area (Å²) in [6.07, 6.45) is 0.944. The summed E-state index contributed by atoms with van der Waals surface area (Å²) in [4.78, 5) is 11.3. The summed E-state index contributed by atoms with van der Waals surface area (Å²) < 4.78 is 0. The smallest absolute Gasteiger partial charge is 0.258 e. The van der Waals surface area contributed by atoms with Crippen molar-refractivity contribution in [2.24, 2.45) is 0 Å². The van der Waals surface area contributed by atoms with Gasteiger partial charge < -0.3 is 0 Å². The van der Waals surface area contributed by atoms with Crippen LogP contribution in [0.2, 0.25) is 0 Å². The Morgan fingerprint density at radius 2 is 1.89 bits per heavy atom. The summed E-state index contributed by atoms with van der Waals surface area (Å²) >= 11 is 0. The van der Waals surface area contributed by atoms with Crippen LogP contribution in [0.4, 0.5) is 5.69 Å². The van der Waals surface area contributed by atoms with Crippen molar-refractivity contribution in [2.45, 2.75) is 58.8 Å². The Balaban J connectivity index is 2.82. The normalized spacial score (nSPS) is 17.0. The Morgan fingerprint density at radius 3 is 2.28 bits per heavy atom. The zero-order valence-electron chi connectivity index (χ0n) is 12.0. The van der Waals surface area contributed by atoms with Crippen molar-refractivity contribution < 1.29 is 4.92 Å². The molecule has 0 spiro atoms.